The van der Waals surface area contributed by atoms with Crippen LogP contribution < -0.4 is 5.32 Å². The maximum absolute atomic E-state index is 3.40. The van der Waals surface area contributed by atoms with Crippen LogP contribution >= 0.6 is 0 Å². The average Bonchev–Trinajstić information content (AvgIpc) is 2.21. The first-order valence-corrected chi connectivity index (χ1v) is 4.99. The first kappa shape index (κ1) is 8.76. The van der Waals surface area contributed by atoms with Gasteiger partial charge in [0.15, 0.2) is 0 Å². The van der Waals surface area contributed by atoms with E-state index in [2.05, 4.69) is 43.5 Å². The zero-order valence-corrected chi connectivity index (χ0v) is 8.43. The summed E-state index contributed by atoms with van der Waals surface area (Å²) in [5, 5.41) is 3.40. The predicted molar refractivity (Wildman–Crippen MR) is 56.6 cm³/mol. The third kappa shape index (κ3) is 1.92. The van der Waals surface area contributed by atoms with E-state index in [1.807, 2.05) is 0 Å². The molecule has 1 fully saturated rings. The first-order chi connectivity index (χ1) is 6.17. The minimum Gasteiger partial charge on any atom is -0.312 e. The Morgan fingerprint density at radius 3 is 3.00 bits per heavy atom. The third-order valence-corrected chi connectivity index (χ3v) is 2.67. The maximum atomic E-state index is 3.40. The van der Waals surface area contributed by atoms with Gasteiger partial charge in [0.2, 0.25) is 0 Å². The van der Waals surface area contributed by atoms with E-state index in [1.54, 1.807) is 0 Å². The van der Waals surface area contributed by atoms with E-state index in [1.165, 1.54) is 17.6 Å². The summed E-state index contributed by atoms with van der Waals surface area (Å²) in [4.78, 5) is 0. The van der Waals surface area contributed by atoms with Crippen LogP contribution in [0.4, 0.5) is 0 Å². The van der Waals surface area contributed by atoms with Crippen molar-refractivity contribution < 1.29 is 0 Å². The topological polar surface area (TPSA) is 12.0 Å². The van der Waals surface area contributed by atoms with Crippen LogP contribution in [0.25, 0.3) is 0 Å². The van der Waals surface area contributed by atoms with Gasteiger partial charge in [-0.2, -0.15) is 0 Å². The SMILES string of the molecule is CC1(C)C=CC=C2CNCCC2=C1. The van der Waals surface area contributed by atoms with Crippen molar-refractivity contribution in [1.82, 2.24) is 5.32 Å². The Kier molecular flexibility index (Phi) is 2.12. The molecule has 0 aromatic heterocycles. The smallest absolute Gasteiger partial charge is 0.0208 e. The molecule has 1 heteroatoms. The van der Waals surface area contributed by atoms with Crippen LogP contribution in [-0.2, 0) is 0 Å². The molecule has 0 bridgehead atoms. The molecule has 0 spiro atoms. The molecule has 13 heavy (non-hydrogen) atoms. The molecule has 0 unspecified atom stereocenters. The lowest BCUT2D eigenvalue weighted by atomic mass is 9.88. The van der Waals surface area contributed by atoms with Crippen molar-refractivity contribution in [2.24, 2.45) is 5.41 Å². The summed E-state index contributed by atoms with van der Waals surface area (Å²) in [6, 6.07) is 0. The number of rotatable bonds is 0. The summed E-state index contributed by atoms with van der Waals surface area (Å²) < 4.78 is 0. The third-order valence-electron chi connectivity index (χ3n) is 2.67. The van der Waals surface area contributed by atoms with Crippen molar-refractivity contribution >= 4 is 0 Å². The molecule has 0 aromatic carbocycles. The lowest BCUT2D eigenvalue weighted by Crippen LogP contribution is -2.26. The van der Waals surface area contributed by atoms with Crippen LogP contribution in [0.1, 0.15) is 20.3 Å². The zero-order valence-electron chi connectivity index (χ0n) is 8.43. The van der Waals surface area contributed by atoms with Crippen molar-refractivity contribution in [3.05, 3.63) is 35.5 Å². The standard InChI is InChI=1S/C12H17N/c1-12(2)6-3-4-11-9-13-7-5-10(11)8-12/h3-4,6,8,13H,5,7,9H2,1-2H3. The zero-order chi connectivity index (χ0) is 9.31. The number of piperidine rings is 1. The average molecular weight is 175 g/mol. The van der Waals surface area contributed by atoms with Gasteiger partial charge in [-0.3, -0.25) is 0 Å². The first-order valence-electron chi connectivity index (χ1n) is 4.99. The Labute approximate surface area is 80.2 Å². The molecule has 1 N–H and O–H groups in total. The lowest BCUT2D eigenvalue weighted by molar-refractivity contribution is 0.608. The van der Waals surface area contributed by atoms with Gasteiger partial charge in [0.05, 0.1) is 0 Å². The molecule has 1 saturated heterocycles. The highest BCUT2D eigenvalue weighted by Crippen LogP contribution is 2.29. The molecule has 1 nitrogen and oxygen atoms in total. The molecule has 2 aliphatic rings. The number of fused-ring (bicyclic) bond motifs is 1. The van der Waals surface area contributed by atoms with Gasteiger partial charge in [0.25, 0.3) is 0 Å². The Morgan fingerprint density at radius 1 is 1.31 bits per heavy atom. The summed E-state index contributed by atoms with van der Waals surface area (Å²) in [5.41, 5.74) is 3.23. The van der Waals surface area contributed by atoms with Gasteiger partial charge in [-0.15, -0.1) is 0 Å². The van der Waals surface area contributed by atoms with Crippen molar-refractivity contribution in [3.63, 3.8) is 0 Å². The second-order valence-electron chi connectivity index (χ2n) is 4.47. The molecular weight excluding hydrogens is 158 g/mol. The predicted octanol–water partition coefficient (Wildman–Crippen LogP) is 2.43. The van der Waals surface area contributed by atoms with Crippen molar-refractivity contribution in [2.45, 2.75) is 20.3 Å². The van der Waals surface area contributed by atoms with Gasteiger partial charge in [-0.25, -0.2) is 0 Å². The van der Waals surface area contributed by atoms with Crippen molar-refractivity contribution in [1.29, 1.82) is 0 Å². The summed E-state index contributed by atoms with van der Waals surface area (Å²) in [7, 11) is 0. The molecule has 1 heterocycles. The number of allylic oxidation sites excluding steroid dienone is 4. The molecule has 0 radical (unpaired) electrons. The van der Waals surface area contributed by atoms with E-state index in [-0.39, 0.29) is 5.41 Å². The number of nitrogens with one attached hydrogen (secondary N) is 1. The van der Waals surface area contributed by atoms with Crippen LogP contribution in [0, 0.1) is 5.41 Å². The van der Waals surface area contributed by atoms with Crippen molar-refractivity contribution in [2.75, 3.05) is 13.1 Å². The molecular formula is C12H17N. The largest absolute Gasteiger partial charge is 0.312 e. The van der Waals surface area contributed by atoms with Crippen LogP contribution in [-0.4, -0.2) is 13.1 Å². The fourth-order valence-electron chi connectivity index (χ4n) is 1.96. The molecule has 0 atom stereocenters. The molecule has 0 saturated carbocycles. The molecule has 0 amide bonds. The Bertz CT molecular complexity index is 292. The molecule has 2 rings (SSSR count). The van der Waals surface area contributed by atoms with Crippen LogP contribution in [0.5, 0.6) is 0 Å². The van der Waals surface area contributed by atoms with Gasteiger partial charge < -0.3 is 5.32 Å². The van der Waals surface area contributed by atoms with Gasteiger partial charge in [-0.05, 0) is 24.1 Å². The number of hydrogen-bond donors (Lipinski definition) is 1. The van der Waals surface area contributed by atoms with Crippen LogP contribution in [0.15, 0.2) is 35.5 Å². The summed E-state index contributed by atoms with van der Waals surface area (Å²) in [6.07, 6.45) is 10.3. The lowest BCUT2D eigenvalue weighted by Gasteiger charge is -2.22. The van der Waals surface area contributed by atoms with E-state index >= 15 is 0 Å². The second kappa shape index (κ2) is 3.15. The summed E-state index contributed by atoms with van der Waals surface area (Å²) in [6.45, 7) is 6.68. The summed E-state index contributed by atoms with van der Waals surface area (Å²) in [5.74, 6) is 0. The highest BCUT2D eigenvalue weighted by Gasteiger charge is 2.18. The van der Waals surface area contributed by atoms with Crippen LogP contribution in [0.3, 0.4) is 0 Å². The normalized spacial score (nSPS) is 25.7. The summed E-state index contributed by atoms with van der Waals surface area (Å²) >= 11 is 0. The van der Waals surface area contributed by atoms with E-state index in [4.69, 9.17) is 0 Å². The quantitative estimate of drug-likeness (QED) is 0.596. The minimum absolute atomic E-state index is 0.227. The van der Waals surface area contributed by atoms with Gasteiger partial charge in [-0.1, -0.05) is 38.2 Å². The molecule has 1 aliphatic heterocycles. The van der Waals surface area contributed by atoms with E-state index < -0.39 is 0 Å². The Hall–Kier alpha value is -0.820. The van der Waals surface area contributed by atoms with Gasteiger partial charge in [0.1, 0.15) is 0 Å². The maximum Gasteiger partial charge on any atom is 0.0208 e. The molecule has 0 aromatic rings. The van der Waals surface area contributed by atoms with Crippen molar-refractivity contribution in [3.8, 4) is 0 Å². The molecule has 1 aliphatic carbocycles. The minimum atomic E-state index is 0.227. The Balaban J connectivity index is 2.34. The monoisotopic (exact) mass is 175 g/mol. The van der Waals surface area contributed by atoms with E-state index in [9.17, 15) is 0 Å². The fourth-order valence-corrected chi connectivity index (χ4v) is 1.96. The second-order valence-corrected chi connectivity index (χ2v) is 4.47. The van der Waals surface area contributed by atoms with E-state index in [0.717, 1.165) is 13.1 Å². The van der Waals surface area contributed by atoms with Crippen LogP contribution in [0.2, 0.25) is 0 Å². The van der Waals surface area contributed by atoms with Gasteiger partial charge >= 0.3 is 0 Å². The fraction of sp³-hybridized carbons (Fsp3) is 0.500. The van der Waals surface area contributed by atoms with Gasteiger partial charge in [0, 0.05) is 12.0 Å². The highest BCUT2D eigenvalue weighted by atomic mass is 14.9. The Morgan fingerprint density at radius 2 is 2.15 bits per heavy atom. The highest BCUT2D eigenvalue weighted by molar-refractivity contribution is 5.41. The van der Waals surface area contributed by atoms with E-state index in [0.29, 0.717) is 0 Å². The molecule has 70 valence electrons. The number of hydrogen-bond acceptors (Lipinski definition) is 1.